The summed E-state index contributed by atoms with van der Waals surface area (Å²) in [6, 6.07) is 4.02. The van der Waals surface area contributed by atoms with E-state index in [0.717, 1.165) is 13.1 Å². The Morgan fingerprint density at radius 2 is 2.11 bits per heavy atom. The molecule has 1 aromatic heterocycles. The van der Waals surface area contributed by atoms with E-state index in [1.807, 2.05) is 0 Å². The molecule has 0 saturated heterocycles. The molecule has 0 amide bonds. The molecule has 5 nitrogen and oxygen atoms in total. The first-order valence-electron chi connectivity index (χ1n) is 5.06. The first-order valence-corrected chi connectivity index (χ1v) is 6.50. The molecule has 0 atom stereocenters. The zero-order valence-electron chi connectivity index (χ0n) is 9.85. The van der Waals surface area contributed by atoms with Crippen LogP contribution in [-0.4, -0.2) is 37.5 Å². The van der Waals surface area contributed by atoms with Crippen molar-refractivity contribution in [1.82, 2.24) is 9.29 Å². The second-order valence-electron chi connectivity index (χ2n) is 3.65. The fourth-order valence-electron chi connectivity index (χ4n) is 1.25. The first-order chi connectivity index (χ1) is 8.68. The smallest absolute Gasteiger partial charge is 0.244 e. The zero-order valence-corrected chi connectivity index (χ0v) is 10.7. The van der Waals surface area contributed by atoms with Gasteiger partial charge in [-0.05, 0) is 12.1 Å². The van der Waals surface area contributed by atoms with Gasteiger partial charge in [0, 0.05) is 19.8 Å². The SMILES string of the molecule is CN(CCC(F)(F)F)S(=O)(=O)c1cccnc1C#N. The van der Waals surface area contributed by atoms with Crippen molar-refractivity contribution in [1.29, 1.82) is 5.26 Å². The number of alkyl halides is 3. The van der Waals surface area contributed by atoms with Gasteiger partial charge in [-0.3, -0.25) is 0 Å². The molecular formula is C10H10F3N3O2S. The molecule has 104 valence electrons. The van der Waals surface area contributed by atoms with Crippen LogP contribution in [0.15, 0.2) is 23.2 Å². The molecule has 0 bridgehead atoms. The lowest BCUT2D eigenvalue weighted by Crippen LogP contribution is -2.31. The summed E-state index contributed by atoms with van der Waals surface area (Å²) < 4.78 is 60.7. The van der Waals surface area contributed by atoms with Crippen LogP contribution in [0.4, 0.5) is 13.2 Å². The predicted octanol–water partition coefficient (Wildman–Crippen LogP) is 1.53. The Kier molecular flexibility index (Phi) is 4.49. The van der Waals surface area contributed by atoms with Crippen LogP contribution in [0.5, 0.6) is 0 Å². The maximum atomic E-state index is 12.1. The van der Waals surface area contributed by atoms with E-state index in [1.54, 1.807) is 6.07 Å². The molecule has 1 heterocycles. The maximum Gasteiger partial charge on any atom is 0.390 e. The number of pyridine rings is 1. The van der Waals surface area contributed by atoms with Gasteiger partial charge < -0.3 is 0 Å². The van der Waals surface area contributed by atoms with Crippen molar-refractivity contribution >= 4 is 10.0 Å². The third-order valence-electron chi connectivity index (χ3n) is 2.27. The van der Waals surface area contributed by atoms with Crippen molar-refractivity contribution < 1.29 is 21.6 Å². The van der Waals surface area contributed by atoms with Gasteiger partial charge in [-0.15, -0.1) is 0 Å². The van der Waals surface area contributed by atoms with Crippen LogP contribution >= 0.6 is 0 Å². The summed E-state index contributed by atoms with van der Waals surface area (Å²) in [5.74, 6) is 0. The van der Waals surface area contributed by atoms with Gasteiger partial charge in [0.2, 0.25) is 10.0 Å². The van der Waals surface area contributed by atoms with Crippen LogP contribution in [0.3, 0.4) is 0 Å². The Labute approximate surface area is 108 Å². The van der Waals surface area contributed by atoms with E-state index in [1.165, 1.54) is 12.3 Å². The number of halogens is 3. The molecule has 0 unspecified atom stereocenters. The van der Waals surface area contributed by atoms with Gasteiger partial charge in [0.15, 0.2) is 5.69 Å². The van der Waals surface area contributed by atoms with Crippen LogP contribution in [-0.2, 0) is 10.0 Å². The minimum Gasteiger partial charge on any atom is -0.244 e. The molecule has 9 heteroatoms. The monoisotopic (exact) mass is 293 g/mol. The van der Waals surface area contributed by atoms with Gasteiger partial charge in [-0.25, -0.2) is 17.7 Å². The highest BCUT2D eigenvalue weighted by Gasteiger charge is 2.31. The number of rotatable bonds is 4. The van der Waals surface area contributed by atoms with Crippen LogP contribution in [0, 0.1) is 11.3 Å². The second kappa shape index (κ2) is 5.54. The Morgan fingerprint density at radius 1 is 1.47 bits per heavy atom. The highest BCUT2D eigenvalue weighted by molar-refractivity contribution is 7.89. The van der Waals surface area contributed by atoms with Crippen molar-refractivity contribution in [2.45, 2.75) is 17.5 Å². The molecule has 0 saturated carbocycles. The Hall–Kier alpha value is -1.66. The van der Waals surface area contributed by atoms with Crippen molar-refractivity contribution in [3.05, 3.63) is 24.0 Å². The average molecular weight is 293 g/mol. The molecule has 1 rings (SSSR count). The summed E-state index contributed by atoms with van der Waals surface area (Å²) in [5, 5.41) is 8.75. The highest BCUT2D eigenvalue weighted by Crippen LogP contribution is 2.22. The topological polar surface area (TPSA) is 74.1 Å². The van der Waals surface area contributed by atoms with Crippen LogP contribution < -0.4 is 0 Å². The van der Waals surface area contributed by atoms with Gasteiger partial charge in [-0.1, -0.05) is 0 Å². The molecule has 0 aromatic carbocycles. The minimum atomic E-state index is -4.45. The fraction of sp³-hybridized carbons (Fsp3) is 0.400. The van der Waals surface area contributed by atoms with E-state index in [4.69, 9.17) is 5.26 Å². The standard InChI is InChI=1S/C10H10F3N3O2S/c1-16(6-4-10(11,12)13)19(17,18)9-3-2-5-15-8(9)7-14/h2-3,5H,4,6H2,1H3. The molecule has 0 fully saturated rings. The average Bonchev–Trinajstić information content (AvgIpc) is 2.34. The molecule has 0 radical (unpaired) electrons. The zero-order chi connectivity index (χ0) is 14.7. The summed E-state index contributed by atoms with van der Waals surface area (Å²) in [7, 11) is -3.13. The van der Waals surface area contributed by atoms with Gasteiger partial charge in [0.05, 0.1) is 6.42 Å². The van der Waals surface area contributed by atoms with Crippen molar-refractivity contribution in [2.24, 2.45) is 0 Å². The summed E-state index contributed by atoms with van der Waals surface area (Å²) in [6.45, 7) is -0.717. The molecule has 0 aliphatic rings. The summed E-state index contributed by atoms with van der Waals surface area (Å²) in [4.78, 5) is 3.16. The molecule has 0 aliphatic heterocycles. The molecule has 0 N–H and O–H groups in total. The fourth-order valence-corrected chi connectivity index (χ4v) is 2.52. The molecule has 19 heavy (non-hydrogen) atoms. The number of sulfonamides is 1. The third kappa shape index (κ3) is 3.90. The second-order valence-corrected chi connectivity index (χ2v) is 5.67. The van der Waals surface area contributed by atoms with E-state index >= 15 is 0 Å². The molecule has 1 aromatic rings. The van der Waals surface area contributed by atoms with Gasteiger partial charge in [0.1, 0.15) is 11.0 Å². The van der Waals surface area contributed by atoms with E-state index < -0.39 is 34.1 Å². The van der Waals surface area contributed by atoms with Crippen LogP contribution in [0.25, 0.3) is 0 Å². The normalized spacial score (nSPS) is 12.4. The highest BCUT2D eigenvalue weighted by atomic mass is 32.2. The minimum absolute atomic E-state index is 0.346. The van der Waals surface area contributed by atoms with Gasteiger partial charge >= 0.3 is 6.18 Å². The van der Waals surface area contributed by atoms with Crippen molar-refractivity contribution in [3.8, 4) is 6.07 Å². The largest absolute Gasteiger partial charge is 0.390 e. The van der Waals surface area contributed by atoms with E-state index in [0.29, 0.717) is 4.31 Å². The number of hydrogen-bond acceptors (Lipinski definition) is 4. The quantitative estimate of drug-likeness (QED) is 0.843. The Morgan fingerprint density at radius 3 is 2.63 bits per heavy atom. The van der Waals surface area contributed by atoms with E-state index in [-0.39, 0.29) is 5.69 Å². The lowest BCUT2D eigenvalue weighted by molar-refractivity contribution is -0.135. The summed E-state index contributed by atoms with van der Waals surface area (Å²) in [5.41, 5.74) is -0.346. The third-order valence-corrected chi connectivity index (χ3v) is 4.16. The van der Waals surface area contributed by atoms with E-state index in [9.17, 15) is 21.6 Å². The lowest BCUT2D eigenvalue weighted by atomic mass is 10.4. The van der Waals surface area contributed by atoms with Crippen LogP contribution in [0.2, 0.25) is 0 Å². The lowest BCUT2D eigenvalue weighted by Gasteiger charge is -2.18. The van der Waals surface area contributed by atoms with Gasteiger partial charge in [-0.2, -0.15) is 18.4 Å². The van der Waals surface area contributed by atoms with Crippen molar-refractivity contribution in [2.75, 3.05) is 13.6 Å². The summed E-state index contributed by atoms with van der Waals surface area (Å²) in [6.07, 6.45) is -4.48. The number of hydrogen-bond donors (Lipinski definition) is 0. The number of nitriles is 1. The number of nitrogens with zero attached hydrogens (tertiary/aromatic N) is 3. The molecule has 0 aliphatic carbocycles. The number of aromatic nitrogens is 1. The van der Waals surface area contributed by atoms with Gasteiger partial charge in [0.25, 0.3) is 0 Å². The Bertz CT molecular complexity index is 593. The Balaban J connectivity index is 3.01. The van der Waals surface area contributed by atoms with Crippen molar-refractivity contribution in [3.63, 3.8) is 0 Å². The molecular weight excluding hydrogens is 283 g/mol. The van der Waals surface area contributed by atoms with Crippen LogP contribution in [0.1, 0.15) is 12.1 Å². The van der Waals surface area contributed by atoms with E-state index in [2.05, 4.69) is 4.98 Å². The maximum absolute atomic E-state index is 12.1. The molecule has 0 spiro atoms. The predicted molar refractivity (Wildman–Crippen MR) is 59.4 cm³/mol. The summed E-state index contributed by atoms with van der Waals surface area (Å²) >= 11 is 0. The first kappa shape index (κ1) is 15.4.